The van der Waals surface area contributed by atoms with Gasteiger partial charge in [-0.2, -0.15) is 10.2 Å². The van der Waals surface area contributed by atoms with Crippen molar-refractivity contribution in [2.45, 2.75) is 41.0 Å². The van der Waals surface area contributed by atoms with Gasteiger partial charge in [-0.05, 0) is 57.0 Å². The Bertz CT molecular complexity index is 1270. The van der Waals surface area contributed by atoms with Crippen LogP contribution in [-0.4, -0.2) is 19.6 Å². The van der Waals surface area contributed by atoms with Crippen LogP contribution in [0.2, 0.25) is 0 Å². The molecule has 0 aliphatic carbocycles. The summed E-state index contributed by atoms with van der Waals surface area (Å²) in [5.74, 6) is 0. The average Bonchev–Trinajstić information content (AvgIpc) is 3.36. The molecule has 2 aromatic carbocycles. The van der Waals surface area contributed by atoms with E-state index in [0.29, 0.717) is 13.3 Å². The van der Waals surface area contributed by atoms with E-state index in [2.05, 4.69) is 49.3 Å². The highest BCUT2D eigenvalue weighted by Crippen LogP contribution is 2.36. The van der Waals surface area contributed by atoms with Gasteiger partial charge >= 0.3 is 0 Å². The van der Waals surface area contributed by atoms with Crippen molar-refractivity contribution in [2.24, 2.45) is 0 Å². The first kappa shape index (κ1) is 18.5. The Labute approximate surface area is 175 Å². The molecule has 0 unspecified atom stereocenters. The van der Waals surface area contributed by atoms with Crippen molar-refractivity contribution >= 4 is 27.6 Å². The summed E-state index contributed by atoms with van der Waals surface area (Å²) in [6.07, 6.45) is 4.19. The molecule has 0 amide bonds. The second-order valence-electron chi connectivity index (χ2n) is 7.95. The number of hydrogen-bond acceptors (Lipinski definition) is 4. The van der Waals surface area contributed by atoms with E-state index in [9.17, 15) is 0 Å². The van der Waals surface area contributed by atoms with Crippen LogP contribution < -0.4 is 4.90 Å². The van der Waals surface area contributed by atoms with E-state index < -0.39 is 0 Å². The number of hydrogen-bond donors (Lipinski definition) is 0. The van der Waals surface area contributed by atoms with Gasteiger partial charge in [0.05, 0.1) is 22.5 Å². The fourth-order valence-corrected chi connectivity index (χ4v) is 3.95. The van der Waals surface area contributed by atoms with Gasteiger partial charge in [0, 0.05) is 17.8 Å². The van der Waals surface area contributed by atoms with Crippen LogP contribution in [-0.2, 0) is 13.3 Å². The number of aryl methyl sites for hydroxylation is 4. The zero-order valence-electron chi connectivity index (χ0n) is 17.8. The van der Waals surface area contributed by atoms with Gasteiger partial charge in [0.25, 0.3) is 0 Å². The number of rotatable bonds is 5. The van der Waals surface area contributed by atoms with Crippen molar-refractivity contribution in [1.82, 2.24) is 19.6 Å². The molecule has 0 fully saturated rings. The molecule has 3 aromatic heterocycles. The number of benzene rings is 2. The van der Waals surface area contributed by atoms with E-state index in [4.69, 9.17) is 14.6 Å². The second-order valence-corrected chi connectivity index (χ2v) is 7.95. The van der Waals surface area contributed by atoms with Crippen LogP contribution in [0.5, 0.6) is 0 Å². The molecule has 5 aromatic rings. The summed E-state index contributed by atoms with van der Waals surface area (Å²) in [4.78, 5) is 2.29. The third-order valence-corrected chi connectivity index (χ3v) is 5.74. The monoisotopic (exact) mass is 399 g/mol. The van der Waals surface area contributed by atoms with E-state index in [1.54, 1.807) is 0 Å². The maximum Gasteiger partial charge on any atom is 0.137 e. The van der Waals surface area contributed by atoms with Crippen LogP contribution in [0.3, 0.4) is 0 Å². The minimum atomic E-state index is 0.616. The number of aromatic nitrogens is 4. The maximum absolute atomic E-state index is 6.12. The van der Waals surface area contributed by atoms with E-state index in [1.807, 2.05) is 47.5 Å². The van der Waals surface area contributed by atoms with Crippen molar-refractivity contribution in [3.05, 3.63) is 77.4 Å². The van der Waals surface area contributed by atoms with Crippen LogP contribution in [0.15, 0.2) is 59.3 Å². The summed E-state index contributed by atoms with van der Waals surface area (Å²) >= 11 is 0. The molecule has 0 saturated heterocycles. The highest BCUT2D eigenvalue weighted by atomic mass is 16.3. The number of furan rings is 1. The number of nitrogens with zero attached hydrogens (tertiary/aromatic N) is 5. The molecule has 0 bridgehead atoms. The lowest BCUT2D eigenvalue weighted by atomic mass is 10.1. The first-order valence-electron chi connectivity index (χ1n) is 10.2. The summed E-state index contributed by atoms with van der Waals surface area (Å²) in [5, 5.41) is 11.6. The molecule has 6 nitrogen and oxygen atoms in total. The molecule has 0 saturated carbocycles. The molecule has 0 aliphatic rings. The van der Waals surface area contributed by atoms with Crippen molar-refractivity contribution in [1.29, 1.82) is 0 Å². The molecule has 0 N–H and O–H groups in total. The lowest BCUT2D eigenvalue weighted by Crippen LogP contribution is -2.29. The fraction of sp³-hybridized carbons (Fsp3) is 0.250. The van der Waals surface area contributed by atoms with Gasteiger partial charge in [0.15, 0.2) is 0 Å². The lowest BCUT2D eigenvalue weighted by Gasteiger charge is -2.25. The van der Waals surface area contributed by atoms with Crippen molar-refractivity contribution in [2.75, 3.05) is 4.90 Å². The molecule has 5 rings (SSSR count). The van der Waals surface area contributed by atoms with Crippen molar-refractivity contribution < 1.29 is 4.42 Å². The topological polar surface area (TPSA) is 52.0 Å². The third-order valence-electron chi connectivity index (χ3n) is 5.74. The molecule has 30 heavy (non-hydrogen) atoms. The summed E-state index contributed by atoms with van der Waals surface area (Å²) in [6.45, 7) is 9.50. The van der Waals surface area contributed by atoms with Crippen LogP contribution in [0.25, 0.3) is 21.9 Å². The number of fused-ring (bicyclic) bond motifs is 3. The van der Waals surface area contributed by atoms with Gasteiger partial charge in [-0.25, -0.2) is 0 Å². The van der Waals surface area contributed by atoms with Gasteiger partial charge in [-0.3, -0.25) is 9.36 Å². The summed E-state index contributed by atoms with van der Waals surface area (Å²) < 4.78 is 10.1. The van der Waals surface area contributed by atoms with E-state index >= 15 is 0 Å². The van der Waals surface area contributed by atoms with Gasteiger partial charge in [-0.15, -0.1) is 0 Å². The van der Waals surface area contributed by atoms with Crippen LogP contribution in [0.1, 0.15) is 22.5 Å². The molecule has 3 heterocycles. The average molecular weight is 399 g/mol. The van der Waals surface area contributed by atoms with Gasteiger partial charge < -0.3 is 9.32 Å². The molecule has 152 valence electrons. The number of anilines is 1. The summed E-state index contributed by atoms with van der Waals surface area (Å²) in [5.41, 5.74) is 7.37. The molecule has 6 heteroatoms. The predicted octanol–water partition coefficient (Wildman–Crippen LogP) is 5.33. The summed E-state index contributed by atoms with van der Waals surface area (Å²) in [6, 6.07) is 14.4. The van der Waals surface area contributed by atoms with E-state index in [1.165, 1.54) is 11.1 Å². The first-order chi connectivity index (χ1) is 14.5. The number of para-hydroxylation sites is 1. The molecule has 0 spiro atoms. The van der Waals surface area contributed by atoms with Gasteiger partial charge in [0.2, 0.25) is 0 Å². The molecular weight excluding hydrogens is 374 g/mol. The van der Waals surface area contributed by atoms with E-state index in [0.717, 1.165) is 39.0 Å². The third kappa shape index (κ3) is 3.14. The van der Waals surface area contributed by atoms with Crippen molar-refractivity contribution in [3.8, 4) is 0 Å². The maximum atomic E-state index is 6.12. The Morgan fingerprint density at radius 2 is 1.37 bits per heavy atom. The van der Waals surface area contributed by atoms with Gasteiger partial charge in [0.1, 0.15) is 24.5 Å². The Hall–Kier alpha value is -3.54. The Morgan fingerprint density at radius 3 is 1.97 bits per heavy atom. The molecule has 0 aliphatic heterocycles. The largest absolute Gasteiger partial charge is 0.456 e. The zero-order chi connectivity index (χ0) is 20.8. The fourth-order valence-electron chi connectivity index (χ4n) is 3.95. The Morgan fingerprint density at radius 1 is 0.767 bits per heavy atom. The predicted molar refractivity (Wildman–Crippen MR) is 120 cm³/mol. The molecule has 0 atom stereocenters. The highest BCUT2D eigenvalue weighted by Gasteiger charge is 2.18. The van der Waals surface area contributed by atoms with E-state index in [-0.39, 0.29) is 0 Å². The highest BCUT2D eigenvalue weighted by molar-refractivity contribution is 6.11. The van der Waals surface area contributed by atoms with Gasteiger partial charge in [-0.1, -0.05) is 24.3 Å². The Kier molecular flexibility index (Phi) is 4.35. The minimum absolute atomic E-state index is 0.616. The summed E-state index contributed by atoms with van der Waals surface area (Å²) in [7, 11) is 0. The zero-order valence-corrected chi connectivity index (χ0v) is 17.8. The molecular formula is C24H25N5O. The first-order valence-corrected chi connectivity index (χ1v) is 10.2. The molecule has 0 radical (unpaired) electrons. The van der Waals surface area contributed by atoms with Crippen LogP contribution in [0, 0.1) is 27.7 Å². The minimum Gasteiger partial charge on any atom is -0.456 e. The normalized spacial score (nSPS) is 11.6. The van der Waals surface area contributed by atoms with Crippen LogP contribution >= 0.6 is 0 Å². The Balaban J connectivity index is 1.65. The second kappa shape index (κ2) is 7.06. The SMILES string of the molecule is Cc1cn(CN(Cn2cc(C)c(C)n2)c2cccc3oc4ccccc4c23)nc1C. The van der Waals surface area contributed by atoms with Crippen LogP contribution in [0.4, 0.5) is 5.69 Å². The standard InChI is InChI=1S/C24H25N5O/c1-16-12-28(25-18(16)3)14-27(15-29-13-17(2)19(4)26-29)21-9-7-11-23-24(21)20-8-5-6-10-22(20)30-23/h5-13H,14-15H2,1-4H3. The lowest BCUT2D eigenvalue weighted by molar-refractivity contribution is 0.497. The quantitative estimate of drug-likeness (QED) is 0.401. The van der Waals surface area contributed by atoms with Crippen molar-refractivity contribution in [3.63, 3.8) is 0 Å². The smallest absolute Gasteiger partial charge is 0.137 e.